The Labute approximate surface area is 106 Å². The van der Waals surface area contributed by atoms with Crippen LogP contribution in [0.1, 0.15) is 11.1 Å². The lowest BCUT2D eigenvalue weighted by molar-refractivity contribution is 0.590. The van der Waals surface area contributed by atoms with E-state index in [-0.39, 0.29) is 5.56 Å². The van der Waals surface area contributed by atoms with Gasteiger partial charge >= 0.3 is 0 Å². The number of hydrogen-bond acceptors (Lipinski definition) is 3. The van der Waals surface area contributed by atoms with E-state index in [1.807, 2.05) is 13.8 Å². The molecule has 1 aromatic heterocycles. The van der Waals surface area contributed by atoms with Crippen LogP contribution < -0.4 is 11.3 Å². The van der Waals surface area contributed by atoms with Gasteiger partial charge in [0.15, 0.2) is 0 Å². The second-order valence-corrected chi connectivity index (χ2v) is 4.39. The summed E-state index contributed by atoms with van der Waals surface area (Å²) in [5, 5.41) is 4.36. The maximum Gasteiger partial charge on any atom is 0.266 e. The van der Waals surface area contributed by atoms with E-state index < -0.39 is 0 Å². The second kappa shape index (κ2) is 5.14. The minimum atomic E-state index is -0.116. The van der Waals surface area contributed by atoms with Crippen molar-refractivity contribution in [2.75, 3.05) is 6.54 Å². The summed E-state index contributed by atoms with van der Waals surface area (Å²) in [6, 6.07) is 9.51. The van der Waals surface area contributed by atoms with Crippen LogP contribution in [-0.4, -0.2) is 16.3 Å². The van der Waals surface area contributed by atoms with Gasteiger partial charge in [0.1, 0.15) is 0 Å². The van der Waals surface area contributed by atoms with Crippen LogP contribution in [0.2, 0.25) is 0 Å². The van der Waals surface area contributed by atoms with E-state index in [9.17, 15) is 4.79 Å². The zero-order chi connectivity index (χ0) is 13.1. The maximum atomic E-state index is 11.6. The molecule has 1 heterocycles. The zero-order valence-corrected chi connectivity index (χ0v) is 10.7. The quantitative estimate of drug-likeness (QED) is 0.888. The average Bonchev–Trinajstić information content (AvgIpc) is 2.35. The van der Waals surface area contributed by atoms with Crippen LogP contribution in [0.3, 0.4) is 0 Å². The van der Waals surface area contributed by atoms with Crippen molar-refractivity contribution in [2.24, 2.45) is 5.73 Å². The van der Waals surface area contributed by atoms with Crippen molar-refractivity contribution >= 4 is 0 Å². The van der Waals surface area contributed by atoms with Gasteiger partial charge in [0.05, 0.1) is 12.2 Å². The molecule has 4 nitrogen and oxygen atoms in total. The molecule has 0 atom stereocenters. The Kier molecular flexibility index (Phi) is 3.58. The van der Waals surface area contributed by atoms with E-state index in [4.69, 9.17) is 5.73 Å². The second-order valence-electron chi connectivity index (χ2n) is 4.39. The SMILES string of the molecule is Cc1ccc(C)c(-c2ccc(=O)n(CCN)n2)c1. The standard InChI is InChI=1S/C14H17N3O/c1-10-3-4-11(2)12(9-10)13-5-6-14(18)17(16-13)8-7-15/h3-6,9H,7-8,15H2,1-2H3. The highest BCUT2D eigenvalue weighted by Gasteiger charge is 2.06. The Morgan fingerprint density at radius 3 is 2.72 bits per heavy atom. The molecule has 0 saturated heterocycles. The van der Waals surface area contributed by atoms with Gasteiger partial charge in [-0.05, 0) is 31.5 Å². The Hall–Kier alpha value is -1.94. The molecule has 18 heavy (non-hydrogen) atoms. The molecule has 0 spiro atoms. The fourth-order valence-electron chi connectivity index (χ4n) is 1.89. The van der Waals surface area contributed by atoms with E-state index in [2.05, 4.69) is 23.3 Å². The lowest BCUT2D eigenvalue weighted by atomic mass is 10.0. The van der Waals surface area contributed by atoms with Gasteiger partial charge in [0, 0.05) is 18.2 Å². The molecule has 2 rings (SSSR count). The number of benzene rings is 1. The molecule has 0 fully saturated rings. The predicted molar refractivity (Wildman–Crippen MR) is 72.5 cm³/mol. The van der Waals surface area contributed by atoms with Crippen LogP contribution in [0.5, 0.6) is 0 Å². The van der Waals surface area contributed by atoms with Crippen LogP contribution in [0.4, 0.5) is 0 Å². The van der Waals surface area contributed by atoms with E-state index in [0.717, 1.165) is 16.8 Å². The van der Waals surface area contributed by atoms with Gasteiger partial charge < -0.3 is 5.73 Å². The monoisotopic (exact) mass is 243 g/mol. The van der Waals surface area contributed by atoms with Crippen molar-refractivity contribution in [3.05, 3.63) is 51.8 Å². The largest absolute Gasteiger partial charge is 0.329 e. The number of hydrogen-bond donors (Lipinski definition) is 1. The summed E-state index contributed by atoms with van der Waals surface area (Å²) in [4.78, 5) is 11.6. The van der Waals surface area contributed by atoms with E-state index >= 15 is 0 Å². The molecule has 4 heteroatoms. The van der Waals surface area contributed by atoms with Crippen molar-refractivity contribution < 1.29 is 0 Å². The molecule has 0 saturated carbocycles. The molecule has 0 aliphatic carbocycles. The highest BCUT2D eigenvalue weighted by molar-refractivity contribution is 5.63. The normalized spacial score (nSPS) is 10.6. The molecule has 2 aromatic rings. The van der Waals surface area contributed by atoms with Crippen molar-refractivity contribution in [1.29, 1.82) is 0 Å². The summed E-state index contributed by atoms with van der Waals surface area (Å²) in [7, 11) is 0. The zero-order valence-electron chi connectivity index (χ0n) is 10.7. The molecule has 0 unspecified atom stereocenters. The minimum absolute atomic E-state index is 0.116. The molecule has 0 aliphatic heterocycles. The molecule has 1 aromatic carbocycles. The Morgan fingerprint density at radius 1 is 1.22 bits per heavy atom. The maximum absolute atomic E-state index is 11.6. The van der Waals surface area contributed by atoms with Crippen LogP contribution in [0.25, 0.3) is 11.3 Å². The van der Waals surface area contributed by atoms with Crippen molar-refractivity contribution in [2.45, 2.75) is 20.4 Å². The Morgan fingerprint density at radius 2 is 2.00 bits per heavy atom. The van der Waals surface area contributed by atoms with Crippen LogP contribution in [0, 0.1) is 13.8 Å². The van der Waals surface area contributed by atoms with Crippen LogP contribution in [-0.2, 0) is 6.54 Å². The van der Waals surface area contributed by atoms with Gasteiger partial charge in [0.25, 0.3) is 5.56 Å². The minimum Gasteiger partial charge on any atom is -0.329 e. The van der Waals surface area contributed by atoms with Gasteiger partial charge in [-0.1, -0.05) is 17.7 Å². The molecule has 2 N–H and O–H groups in total. The van der Waals surface area contributed by atoms with Gasteiger partial charge in [-0.15, -0.1) is 0 Å². The fourth-order valence-corrected chi connectivity index (χ4v) is 1.89. The number of aromatic nitrogens is 2. The van der Waals surface area contributed by atoms with Crippen LogP contribution >= 0.6 is 0 Å². The number of rotatable bonds is 3. The van der Waals surface area contributed by atoms with Crippen LogP contribution in [0.15, 0.2) is 35.1 Å². The summed E-state index contributed by atoms with van der Waals surface area (Å²) >= 11 is 0. The molecular formula is C14H17N3O. The first-order chi connectivity index (χ1) is 8.61. The summed E-state index contributed by atoms with van der Waals surface area (Å²) in [6.07, 6.45) is 0. The molecule has 94 valence electrons. The first-order valence-electron chi connectivity index (χ1n) is 5.97. The van der Waals surface area contributed by atoms with Gasteiger partial charge in [-0.2, -0.15) is 5.10 Å². The number of aryl methyl sites for hydroxylation is 2. The third-order valence-electron chi connectivity index (χ3n) is 2.88. The average molecular weight is 243 g/mol. The fraction of sp³-hybridized carbons (Fsp3) is 0.286. The summed E-state index contributed by atoms with van der Waals surface area (Å²) in [5.74, 6) is 0. The Balaban J connectivity index is 2.54. The summed E-state index contributed by atoms with van der Waals surface area (Å²) in [5.41, 5.74) is 9.54. The van der Waals surface area contributed by atoms with Gasteiger partial charge in [-0.3, -0.25) is 4.79 Å². The highest BCUT2D eigenvalue weighted by Crippen LogP contribution is 2.21. The molecule has 0 radical (unpaired) electrons. The molecular weight excluding hydrogens is 226 g/mol. The lowest BCUT2D eigenvalue weighted by Crippen LogP contribution is -2.25. The number of nitrogens with zero attached hydrogens (tertiary/aromatic N) is 2. The summed E-state index contributed by atoms with van der Waals surface area (Å²) in [6.45, 7) is 4.92. The Bertz CT molecular complexity index is 617. The van der Waals surface area contributed by atoms with Crippen molar-refractivity contribution in [1.82, 2.24) is 9.78 Å². The van der Waals surface area contributed by atoms with E-state index in [1.54, 1.807) is 12.1 Å². The first kappa shape index (κ1) is 12.5. The third-order valence-corrected chi connectivity index (χ3v) is 2.88. The third kappa shape index (κ3) is 2.49. The summed E-state index contributed by atoms with van der Waals surface area (Å²) < 4.78 is 1.41. The topological polar surface area (TPSA) is 60.9 Å². The van der Waals surface area contributed by atoms with Crippen molar-refractivity contribution in [3.63, 3.8) is 0 Å². The van der Waals surface area contributed by atoms with Gasteiger partial charge in [0.2, 0.25) is 0 Å². The predicted octanol–water partition coefficient (Wildman–Crippen LogP) is 1.49. The highest BCUT2D eigenvalue weighted by atomic mass is 16.1. The van der Waals surface area contributed by atoms with Crippen molar-refractivity contribution in [3.8, 4) is 11.3 Å². The lowest BCUT2D eigenvalue weighted by Gasteiger charge is -2.09. The molecule has 0 aliphatic rings. The van der Waals surface area contributed by atoms with Gasteiger partial charge in [-0.25, -0.2) is 4.68 Å². The number of nitrogens with two attached hydrogens (primary N) is 1. The first-order valence-corrected chi connectivity index (χ1v) is 5.97. The molecule has 0 bridgehead atoms. The van der Waals surface area contributed by atoms with E-state index in [1.165, 1.54) is 10.2 Å². The smallest absolute Gasteiger partial charge is 0.266 e. The van der Waals surface area contributed by atoms with E-state index in [0.29, 0.717) is 13.1 Å². The molecule has 0 amide bonds.